The molecule has 1 aromatic carbocycles. The number of nitrogens with zero attached hydrogens (tertiary/aromatic N) is 3. The van der Waals surface area contributed by atoms with Gasteiger partial charge in [0.2, 0.25) is 0 Å². The Morgan fingerprint density at radius 3 is 2.76 bits per heavy atom. The van der Waals surface area contributed by atoms with Gasteiger partial charge in [-0.05, 0) is 32.9 Å². The van der Waals surface area contributed by atoms with Crippen molar-refractivity contribution < 1.29 is 0 Å². The number of aromatic nitrogens is 4. The molecule has 0 saturated heterocycles. The number of nitrogens with one attached hydrogen (secondary N) is 2. The van der Waals surface area contributed by atoms with E-state index in [9.17, 15) is 0 Å². The molecule has 2 aromatic heterocycles. The molecule has 0 aliphatic rings. The Labute approximate surface area is 127 Å². The summed E-state index contributed by atoms with van der Waals surface area (Å²) in [5.41, 5.74) is 3.09. The molecule has 3 aromatic rings. The lowest BCUT2D eigenvalue weighted by Crippen LogP contribution is -2.07. The molecule has 1 unspecified atom stereocenters. The number of H-pyrrole nitrogens is 1. The first kappa shape index (κ1) is 13.8. The van der Waals surface area contributed by atoms with E-state index in [1.807, 2.05) is 32.0 Å². The van der Waals surface area contributed by atoms with Crippen LogP contribution in [0.1, 0.15) is 29.5 Å². The summed E-state index contributed by atoms with van der Waals surface area (Å²) in [6, 6.07) is 8.27. The fourth-order valence-corrected chi connectivity index (χ4v) is 2.83. The minimum Gasteiger partial charge on any atom is -0.377 e. The van der Waals surface area contributed by atoms with Crippen LogP contribution >= 0.6 is 11.3 Å². The van der Waals surface area contributed by atoms with Crippen molar-refractivity contribution >= 4 is 17.0 Å². The summed E-state index contributed by atoms with van der Waals surface area (Å²) in [4.78, 5) is 8.87. The van der Waals surface area contributed by atoms with Crippen LogP contribution in [0.3, 0.4) is 0 Å². The Morgan fingerprint density at radius 1 is 1.24 bits per heavy atom. The highest BCUT2D eigenvalue weighted by Crippen LogP contribution is 2.24. The predicted molar refractivity (Wildman–Crippen MR) is 85.4 cm³/mol. The highest BCUT2D eigenvalue weighted by molar-refractivity contribution is 7.09. The van der Waals surface area contributed by atoms with Crippen molar-refractivity contribution in [3.8, 4) is 11.4 Å². The van der Waals surface area contributed by atoms with Crippen LogP contribution in [0.25, 0.3) is 11.4 Å². The van der Waals surface area contributed by atoms with Gasteiger partial charge in [-0.15, -0.1) is 11.3 Å². The molecule has 6 heteroatoms. The molecule has 0 amide bonds. The van der Waals surface area contributed by atoms with Crippen LogP contribution in [0.2, 0.25) is 0 Å². The SMILES string of the molecule is Cc1nc(-c2cccc(NC(C)c3csc(C)n3)c2)n[nH]1. The Balaban J connectivity index is 1.80. The van der Waals surface area contributed by atoms with Gasteiger partial charge in [0, 0.05) is 16.6 Å². The molecule has 2 heterocycles. The van der Waals surface area contributed by atoms with E-state index in [1.54, 1.807) is 11.3 Å². The molecule has 1 atom stereocenters. The van der Waals surface area contributed by atoms with Gasteiger partial charge in [-0.25, -0.2) is 9.97 Å². The molecule has 108 valence electrons. The third kappa shape index (κ3) is 3.11. The van der Waals surface area contributed by atoms with Crippen LogP contribution in [0, 0.1) is 13.8 Å². The molecule has 0 radical (unpaired) electrons. The molecule has 5 nitrogen and oxygen atoms in total. The summed E-state index contributed by atoms with van der Waals surface area (Å²) in [6.45, 7) is 6.02. The number of aromatic amines is 1. The first-order chi connectivity index (χ1) is 10.1. The molecular weight excluding hydrogens is 282 g/mol. The van der Waals surface area contributed by atoms with Gasteiger partial charge in [-0.3, -0.25) is 5.10 Å². The van der Waals surface area contributed by atoms with Gasteiger partial charge in [-0.2, -0.15) is 5.10 Å². The Morgan fingerprint density at radius 2 is 2.10 bits per heavy atom. The molecule has 2 N–H and O–H groups in total. The number of hydrogen-bond donors (Lipinski definition) is 2. The minimum atomic E-state index is 0.166. The van der Waals surface area contributed by atoms with Gasteiger partial charge in [-0.1, -0.05) is 12.1 Å². The van der Waals surface area contributed by atoms with E-state index in [0.717, 1.165) is 27.8 Å². The monoisotopic (exact) mass is 299 g/mol. The maximum atomic E-state index is 4.52. The highest BCUT2D eigenvalue weighted by atomic mass is 32.1. The van der Waals surface area contributed by atoms with Crippen molar-refractivity contribution in [2.24, 2.45) is 0 Å². The van der Waals surface area contributed by atoms with Crippen LogP contribution in [-0.4, -0.2) is 20.2 Å². The fourth-order valence-electron chi connectivity index (χ4n) is 2.12. The zero-order valence-electron chi connectivity index (χ0n) is 12.2. The summed E-state index contributed by atoms with van der Waals surface area (Å²) in [6.07, 6.45) is 0. The Kier molecular flexibility index (Phi) is 3.70. The lowest BCUT2D eigenvalue weighted by atomic mass is 10.1. The number of rotatable bonds is 4. The summed E-state index contributed by atoms with van der Waals surface area (Å²) in [5, 5.41) is 13.7. The molecule has 0 aliphatic heterocycles. The van der Waals surface area contributed by atoms with Crippen LogP contribution in [-0.2, 0) is 0 Å². The number of thiazole rings is 1. The summed E-state index contributed by atoms with van der Waals surface area (Å²) in [5.74, 6) is 1.53. The second-order valence-electron chi connectivity index (χ2n) is 4.98. The van der Waals surface area contributed by atoms with E-state index in [4.69, 9.17) is 0 Å². The van der Waals surface area contributed by atoms with E-state index in [1.165, 1.54) is 0 Å². The molecule has 0 spiro atoms. The van der Waals surface area contributed by atoms with Gasteiger partial charge in [0.05, 0.1) is 16.7 Å². The van der Waals surface area contributed by atoms with E-state index in [2.05, 4.69) is 43.9 Å². The van der Waals surface area contributed by atoms with Crippen molar-refractivity contribution in [3.63, 3.8) is 0 Å². The average Bonchev–Trinajstić information content (AvgIpc) is 3.08. The van der Waals surface area contributed by atoms with E-state index < -0.39 is 0 Å². The largest absolute Gasteiger partial charge is 0.377 e. The number of aryl methyl sites for hydroxylation is 2. The normalized spacial score (nSPS) is 12.3. The molecule has 0 bridgehead atoms. The maximum absolute atomic E-state index is 4.52. The lowest BCUT2D eigenvalue weighted by molar-refractivity contribution is 0.845. The topological polar surface area (TPSA) is 66.5 Å². The number of benzene rings is 1. The van der Waals surface area contributed by atoms with Crippen molar-refractivity contribution in [2.75, 3.05) is 5.32 Å². The quantitative estimate of drug-likeness (QED) is 0.770. The van der Waals surface area contributed by atoms with Crippen molar-refractivity contribution in [1.82, 2.24) is 20.2 Å². The minimum absolute atomic E-state index is 0.166. The first-order valence-corrected chi connectivity index (χ1v) is 7.68. The van der Waals surface area contributed by atoms with Gasteiger partial charge < -0.3 is 5.32 Å². The molecule has 0 fully saturated rings. The van der Waals surface area contributed by atoms with Gasteiger partial charge >= 0.3 is 0 Å². The van der Waals surface area contributed by atoms with Crippen LogP contribution in [0.15, 0.2) is 29.6 Å². The predicted octanol–water partition coefficient (Wildman–Crippen LogP) is 3.72. The lowest BCUT2D eigenvalue weighted by Gasteiger charge is -2.13. The standard InChI is InChI=1S/C15H17N5S/c1-9(14-8-21-11(3)18-14)16-13-6-4-5-12(7-13)15-17-10(2)19-20-15/h4-9,16H,1-3H3,(H,17,19,20). The van der Waals surface area contributed by atoms with E-state index in [0.29, 0.717) is 5.82 Å². The number of hydrogen-bond acceptors (Lipinski definition) is 5. The average molecular weight is 299 g/mol. The summed E-state index contributed by atoms with van der Waals surface area (Å²) >= 11 is 1.67. The van der Waals surface area contributed by atoms with Crippen molar-refractivity contribution in [2.45, 2.75) is 26.8 Å². The van der Waals surface area contributed by atoms with Gasteiger partial charge in [0.1, 0.15) is 5.82 Å². The molecule has 0 aliphatic carbocycles. The molecule has 0 saturated carbocycles. The van der Waals surface area contributed by atoms with Gasteiger partial charge in [0.25, 0.3) is 0 Å². The molecule has 21 heavy (non-hydrogen) atoms. The van der Waals surface area contributed by atoms with E-state index >= 15 is 0 Å². The third-order valence-electron chi connectivity index (χ3n) is 3.18. The first-order valence-electron chi connectivity index (χ1n) is 6.80. The zero-order valence-corrected chi connectivity index (χ0v) is 13.0. The maximum Gasteiger partial charge on any atom is 0.181 e. The smallest absolute Gasteiger partial charge is 0.181 e. The fraction of sp³-hybridized carbons (Fsp3) is 0.267. The highest BCUT2D eigenvalue weighted by Gasteiger charge is 2.10. The molecular formula is C15H17N5S. The van der Waals surface area contributed by atoms with Gasteiger partial charge in [0.15, 0.2) is 5.82 Å². The molecule has 3 rings (SSSR count). The summed E-state index contributed by atoms with van der Waals surface area (Å²) < 4.78 is 0. The van der Waals surface area contributed by atoms with Crippen LogP contribution in [0.4, 0.5) is 5.69 Å². The second kappa shape index (κ2) is 5.65. The number of anilines is 1. The van der Waals surface area contributed by atoms with Crippen molar-refractivity contribution in [1.29, 1.82) is 0 Å². The van der Waals surface area contributed by atoms with Crippen molar-refractivity contribution in [3.05, 3.63) is 46.2 Å². The summed E-state index contributed by atoms with van der Waals surface area (Å²) in [7, 11) is 0. The third-order valence-corrected chi connectivity index (χ3v) is 3.97. The Hall–Kier alpha value is -2.21. The zero-order chi connectivity index (χ0) is 14.8. The Bertz CT molecular complexity index is 746. The van der Waals surface area contributed by atoms with E-state index in [-0.39, 0.29) is 6.04 Å². The second-order valence-corrected chi connectivity index (χ2v) is 6.04. The van der Waals surface area contributed by atoms with Crippen LogP contribution in [0.5, 0.6) is 0 Å². The van der Waals surface area contributed by atoms with Crippen LogP contribution < -0.4 is 5.32 Å².